The number of nitrogens with zero attached hydrogens (tertiary/aromatic N) is 4. The zero-order valence-corrected chi connectivity index (χ0v) is 15.5. The lowest BCUT2D eigenvalue weighted by atomic mass is 10.0. The highest BCUT2D eigenvalue weighted by molar-refractivity contribution is 5.91. The minimum absolute atomic E-state index is 0.0180. The molecule has 140 valence electrons. The molecule has 26 heavy (non-hydrogen) atoms. The molecule has 0 radical (unpaired) electrons. The second-order valence-electron chi connectivity index (χ2n) is 7.15. The Morgan fingerprint density at radius 3 is 2.69 bits per heavy atom. The predicted octanol–water partition coefficient (Wildman–Crippen LogP) is 1.64. The van der Waals surface area contributed by atoms with Crippen molar-refractivity contribution < 1.29 is 9.59 Å². The second kappa shape index (κ2) is 8.94. The normalized spacial score (nSPS) is 22.0. The predicted molar refractivity (Wildman–Crippen MR) is 101 cm³/mol. The number of rotatable bonds is 4. The zero-order chi connectivity index (χ0) is 18.4. The highest BCUT2D eigenvalue weighted by Crippen LogP contribution is 2.17. The van der Waals surface area contributed by atoms with E-state index in [1.54, 1.807) is 24.5 Å². The van der Waals surface area contributed by atoms with E-state index in [-0.39, 0.29) is 11.8 Å². The monoisotopic (exact) mass is 356 g/mol. The highest BCUT2D eigenvalue weighted by Gasteiger charge is 2.26. The lowest BCUT2D eigenvalue weighted by Gasteiger charge is -2.37. The van der Waals surface area contributed by atoms with Crippen molar-refractivity contribution in [1.29, 1.82) is 0 Å². The van der Waals surface area contributed by atoms with Crippen LogP contribution in [0.3, 0.4) is 0 Å². The fourth-order valence-electron chi connectivity index (χ4n) is 3.62. The van der Waals surface area contributed by atoms with Crippen molar-refractivity contribution in [2.45, 2.75) is 32.2 Å². The van der Waals surface area contributed by atoms with Crippen LogP contribution in [-0.4, -0.2) is 76.8 Å². The summed E-state index contributed by atoms with van der Waals surface area (Å²) >= 11 is 0. The molecule has 3 heterocycles. The Morgan fingerprint density at radius 2 is 2.00 bits per heavy atom. The summed E-state index contributed by atoms with van der Waals surface area (Å²) in [4.78, 5) is 34.9. The lowest BCUT2D eigenvalue weighted by Crippen LogP contribution is -2.52. The molecule has 0 aromatic carbocycles. The third-order valence-electron chi connectivity index (χ3n) is 5.27. The topological polar surface area (TPSA) is 56.8 Å². The number of hydrogen-bond acceptors (Lipinski definition) is 4. The first-order valence-corrected chi connectivity index (χ1v) is 9.52. The molecule has 0 spiro atoms. The first-order chi connectivity index (χ1) is 12.6. The molecule has 1 atom stereocenters. The largest absolute Gasteiger partial charge is 0.339 e. The van der Waals surface area contributed by atoms with Gasteiger partial charge < -0.3 is 9.80 Å². The number of hydrogen-bond donors (Lipinski definition) is 0. The molecule has 1 aromatic rings. The van der Waals surface area contributed by atoms with Crippen LogP contribution in [0.15, 0.2) is 30.6 Å². The van der Waals surface area contributed by atoms with Gasteiger partial charge in [0.05, 0.1) is 6.54 Å². The maximum absolute atomic E-state index is 12.5. The van der Waals surface area contributed by atoms with Gasteiger partial charge in [0.2, 0.25) is 11.8 Å². The van der Waals surface area contributed by atoms with E-state index in [1.165, 1.54) is 6.42 Å². The molecule has 3 rings (SSSR count). The van der Waals surface area contributed by atoms with Gasteiger partial charge in [0.15, 0.2) is 0 Å². The van der Waals surface area contributed by atoms with Gasteiger partial charge in [-0.3, -0.25) is 19.5 Å². The Balaban J connectivity index is 1.44. The molecule has 2 aliphatic heterocycles. The van der Waals surface area contributed by atoms with Crippen LogP contribution in [0.2, 0.25) is 0 Å². The summed E-state index contributed by atoms with van der Waals surface area (Å²) in [5.41, 5.74) is 0.917. The summed E-state index contributed by atoms with van der Waals surface area (Å²) in [6.45, 7) is 6.33. The fourth-order valence-corrected chi connectivity index (χ4v) is 3.62. The van der Waals surface area contributed by atoms with Gasteiger partial charge >= 0.3 is 0 Å². The number of likely N-dealkylation sites (tertiary alicyclic amines) is 1. The van der Waals surface area contributed by atoms with Gasteiger partial charge in [0.1, 0.15) is 0 Å². The quantitative estimate of drug-likeness (QED) is 0.770. The smallest absolute Gasteiger partial charge is 0.246 e. The molecule has 2 aliphatic rings. The number of piperidine rings is 1. The van der Waals surface area contributed by atoms with Gasteiger partial charge in [-0.25, -0.2) is 0 Å². The third-order valence-corrected chi connectivity index (χ3v) is 5.27. The minimum Gasteiger partial charge on any atom is -0.339 e. The van der Waals surface area contributed by atoms with Crippen molar-refractivity contribution in [2.75, 3.05) is 39.3 Å². The third kappa shape index (κ3) is 4.91. The SMILES string of the molecule is CC1CCCCN1C(=O)CN1CCN(C(=O)/C=C/c2cccnc2)CC1. The summed E-state index contributed by atoms with van der Waals surface area (Å²) in [5.74, 6) is 0.248. The average molecular weight is 356 g/mol. The van der Waals surface area contributed by atoms with Crippen LogP contribution in [0.1, 0.15) is 31.7 Å². The van der Waals surface area contributed by atoms with E-state index in [9.17, 15) is 9.59 Å². The summed E-state index contributed by atoms with van der Waals surface area (Å²) in [6.07, 6.45) is 10.3. The summed E-state index contributed by atoms with van der Waals surface area (Å²) in [6, 6.07) is 4.13. The molecule has 1 aromatic heterocycles. The van der Waals surface area contributed by atoms with Crippen LogP contribution in [0.4, 0.5) is 0 Å². The Kier molecular flexibility index (Phi) is 6.39. The molecule has 2 fully saturated rings. The van der Waals surface area contributed by atoms with Crippen LogP contribution in [-0.2, 0) is 9.59 Å². The van der Waals surface area contributed by atoms with Gasteiger partial charge in [0, 0.05) is 57.2 Å². The van der Waals surface area contributed by atoms with Crippen LogP contribution in [0, 0.1) is 0 Å². The average Bonchev–Trinajstić information content (AvgIpc) is 2.68. The van der Waals surface area contributed by atoms with Crippen molar-refractivity contribution in [1.82, 2.24) is 19.7 Å². The Labute approximate surface area is 155 Å². The summed E-state index contributed by atoms with van der Waals surface area (Å²) in [7, 11) is 0. The lowest BCUT2D eigenvalue weighted by molar-refractivity contribution is -0.136. The van der Waals surface area contributed by atoms with Crippen molar-refractivity contribution in [3.8, 4) is 0 Å². The van der Waals surface area contributed by atoms with Gasteiger partial charge in [-0.2, -0.15) is 0 Å². The first-order valence-electron chi connectivity index (χ1n) is 9.52. The highest BCUT2D eigenvalue weighted by atomic mass is 16.2. The molecule has 0 bridgehead atoms. The minimum atomic E-state index is 0.0180. The van der Waals surface area contributed by atoms with E-state index < -0.39 is 0 Å². The summed E-state index contributed by atoms with van der Waals surface area (Å²) < 4.78 is 0. The number of carbonyl (C=O) groups excluding carboxylic acids is 2. The molecular weight excluding hydrogens is 328 g/mol. The molecule has 0 saturated carbocycles. The van der Waals surface area contributed by atoms with Crippen LogP contribution < -0.4 is 0 Å². The number of pyridine rings is 1. The van der Waals surface area contributed by atoms with Crippen molar-refractivity contribution >= 4 is 17.9 Å². The first kappa shape index (κ1) is 18.6. The molecule has 0 aliphatic carbocycles. The number of piperazine rings is 1. The molecular formula is C20H28N4O2. The van der Waals surface area contributed by atoms with Gasteiger partial charge in [0.25, 0.3) is 0 Å². The van der Waals surface area contributed by atoms with E-state index >= 15 is 0 Å². The molecule has 0 N–H and O–H groups in total. The Hall–Kier alpha value is -2.21. The van der Waals surface area contributed by atoms with Crippen molar-refractivity contribution in [2.24, 2.45) is 0 Å². The van der Waals surface area contributed by atoms with E-state index in [0.717, 1.165) is 38.0 Å². The van der Waals surface area contributed by atoms with E-state index in [0.29, 0.717) is 25.7 Å². The van der Waals surface area contributed by atoms with Gasteiger partial charge in [-0.05, 0) is 43.9 Å². The summed E-state index contributed by atoms with van der Waals surface area (Å²) in [5, 5.41) is 0. The second-order valence-corrected chi connectivity index (χ2v) is 7.15. The van der Waals surface area contributed by atoms with E-state index in [4.69, 9.17) is 0 Å². The van der Waals surface area contributed by atoms with Crippen molar-refractivity contribution in [3.05, 3.63) is 36.2 Å². The van der Waals surface area contributed by atoms with E-state index in [2.05, 4.69) is 16.8 Å². The standard InChI is InChI=1S/C20H28N4O2/c1-17-5-2-3-10-24(17)20(26)16-22-11-13-23(14-12-22)19(25)8-7-18-6-4-9-21-15-18/h4,6-9,15,17H,2-3,5,10-14,16H2,1H3/b8-7+. The van der Waals surface area contributed by atoms with Gasteiger partial charge in [-0.15, -0.1) is 0 Å². The van der Waals surface area contributed by atoms with Crippen LogP contribution in [0.25, 0.3) is 6.08 Å². The Morgan fingerprint density at radius 1 is 1.19 bits per heavy atom. The molecule has 6 heteroatoms. The maximum Gasteiger partial charge on any atom is 0.246 e. The fraction of sp³-hybridized carbons (Fsp3) is 0.550. The number of amides is 2. The van der Waals surface area contributed by atoms with E-state index in [1.807, 2.05) is 21.9 Å². The number of aromatic nitrogens is 1. The number of carbonyl (C=O) groups is 2. The molecule has 2 amide bonds. The van der Waals surface area contributed by atoms with Crippen LogP contribution >= 0.6 is 0 Å². The van der Waals surface area contributed by atoms with Gasteiger partial charge in [-0.1, -0.05) is 6.07 Å². The molecule has 6 nitrogen and oxygen atoms in total. The van der Waals surface area contributed by atoms with Crippen LogP contribution in [0.5, 0.6) is 0 Å². The molecule has 2 saturated heterocycles. The van der Waals surface area contributed by atoms with Crippen molar-refractivity contribution in [3.63, 3.8) is 0 Å². The zero-order valence-electron chi connectivity index (χ0n) is 15.5. The Bertz CT molecular complexity index is 638. The molecule has 1 unspecified atom stereocenters. The maximum atomic E-state index is 12.5.